The van der Waals surface area contributed by atoms with Crippen LogP contribution in [0.2, 0.25) is 0 Å². The molecule has 0 radical (unpaired) electrons. The molecule has 0 bridgehead atoms. The van der Waals surface area contributed by atoms with Crippen LogP contribution in [0.25, 0.3) is 0 Å². The molecule has 1 aromatic rings. The number of fused-ring (bicyclic) bond motifs is 1. The summed E-state index contributed by atoms with van der Waals surface area (Å²) >= 11 is 0. The fourth-order valence-corrected chi connectivity index (χ4v) is 1.67. The maximum atomic E-state index is 11.5. The number of hydrogen-bond acceptors (Lipinski definition) is 3. The molecule has 2 rings (SSSR count). The van der Waals surface area contributed by atoms with E-state index in [2.05, 4.69) is 0 Å². The number of carbonyl (C=O) groups is 1. The standard InChI is InChI=1S/C11H14N2O2/c12-7-11(14)13-5-6-15-10-4-2-1-3-9(10)8-13/h1-4H,5-8,12H2. The Hall–Kier alpha value is -1.55. The zero-order valence-electron chi connectivity index (χ0n) is 8.48. The summed E-state index contributed by atoms with van der Waals surface area (Å²) in [5.74, 6) is 0.833. The van der Waals surface area contributed by atoms with Crippen molar-refractivity contribution in [2.45, 2.75) is 6.54 Å². The highest BCUT2D eigenvalue weighted by Gasteiger charge is 2.17. The molecule has 0 spiro atoms. The topological polar surface area (TPSA) is 55.6 Å². The van der Waals surface area contributed by atoms with Gasteiger partial charge >= 0.3 is 0 Å². The highest BCUT2D eigenvalue weighted by Crippen LogP contribution is 2.22. The Labute approximate surface area is 88.6 Å². The van der Waals surface area contributed by atoms with Gasteiger partial charge in [0.05, 0.1) is 13.1 Å². The van der Waals surface area contributed by atoms with Crippen molar-refractivity contribution < 1.29 is 9.53 Å². The van der Waals surface area contributed by atoms with Crippen molar-refractivity contribution in [3.05, 3.63) is 29.8 Å². The molecule has 4 heteroatoms. The molecule has 0 aliphatic carbocycles. The number of nitrogens with zero attached hydrogens (tertiary/aromatic N) is 1. The molecule has 15 heavy (non-hydrogen) atoms. The molecule has 0 atom stereocenters. The molecule has 1 amide bonds. The molecular formula is C11H14N2O2. The van der Waals surface area contributed by atoms with Gasteiger partial charge in [-0.3, -0.25) is 4.79 Å². The van der Waals surface area contributed by atoms with Crippen LogP contribution >= 0.6 is 0 Å². The Balaban J connectivity index is 2.21. The molecule has 0 saturated carbocycles. The van der Waals surface area contributed by atoms with E-state index in [1.165, 1.54) is 0 Å². The van der Waals surface area contributed by atoms with Crippen LogP contribution in [-0.2, 0) is 11.3 Å². The zero-order valence-corrected chi connectivity index (χ0v) is 8.48. The van der Waals surface area contributed by atoms with Crippen molar-refractivity contribution in [1.29, 1.82) is 0 Å². The molecule has 0 unspecified atom stereocenters. The first-order valence-electron chi connectivity index (χ1n) is 5.00. The minimum atomic E-state index is -0.0321. The summed E-state index contributed by atoms with van der Waals surface area (Å²) in [6, 6.07) is 7.76. The van der Waals surface area contributed by atoms with Crippen LogP contribution in [0.15, 0.2) is 24.3 Å². The average Bonchev–Trinajstić information content (AvgIpc) is 2.49. The molecule has 0 saturated heterocycles. The van der Waals surface area contributed by atoms with Crippen LogP contribution in [0, 0.1) is 0 Å². The van der Waals surface area contributed by atoms with E-state index in [9.17, 15) is 4.79 Å². The Bertz CT molecular complexity index is 365. The highest BCUT2D eigenvalue weighted by molar-refractivity contribution is 5.78. The molecule has 0 fully saturated rings. The summed E-state index contributed by atoms with van der Waals surface area (Å²) in [6.07, 6.45) is 0. The molecule has 0 aromatic heterocycles. The first kappa shape index (κ1) is 9.98. The van der Waals surface area contributed by atoms with Gasteiger partial charge in [0.15, 0.2) is 0 Å². The van der Waals surface area contributed by atoms with E-state index >= 15 is 0 Å². The predicted octanol–water partition coefficient (Wildman–Crippen LogP) is 0.366. The molecule has 1 aliphatic rings. The van der Waals surface area contributed by atoms with E-state index in [4.69, 9.17) is 10.5 Å². The van der Waals surface area contributed by atoms with Gasteiger partial charge in [-0.2, -0.15) is 0 Å². The SMILES string of the molecule is NCC(=O)N1CCOc2ccccc2C1. The number of hydrogen-bond donors (Lipinski definition) is 1. The molecule has 80 valence electrons. The molecular weight excluding hydrogens is 192 g/mol. The van der Waals surface area contributed by atoms with E-state index in [0.29, 0.717) is 19.7 Å². The van der Waals surface area contributed by atoms with E-state index in [0.717, 1.165) is 11.3 Å². The third-order valence-corrected chi connectivity index (χ3v) is 2.48. The Morgan fingerprint density at radius 3 is 3.07 bits per heavy atom. The maximum absolute atomic E-state index is 11.5. The van der Waals surface area contributed by atoms with Gasteiger partial charge in [0.25, 0.3) is 0 Å². The van der Waals surface area contributed by atoms with Crippen molar-refractivity contribution >= 4 is 5.91 Å². The number of carbonyl (C=O) groups excluding carboxylic acids is 1. The third-order valence-electron chi connectivity index (χ3n) is 2.48. The Kier molecular flexibility index (Phi) is 2.87. The van der Waals surface area contributed by atoms with Crippen LogP contribution in [0.3, 0.4) is 0 Å². The lowest BCUT2D eigenvalue weighted by Crippen LogP contribution is -2.36. The second-order valence-electron chi connectivity index (χ2n) is 3.48. The largest absolute Gasteiger partial charge is 0.491 e. The molecule has 1 aliphatic heterocycles. The highest BCUT2D eigenvalue weighted by atomic mass is 16.5. The van der Waals surface area contributed by atoms with E-state index in [1.807, 2.05) is 24.3 Å². The Morgan fingerprint density at radius 2 is 2.27 bits per heavy atom. The summed E-state index contributed by atoms with van der Waals surface area (Å²) in [5, 5.41) is 0. The number of nitrogens with two attached hydrogens (primary N) is 1. The van der Waals surface area contributed by atoms with Gasteiger partial charge in [-0.05, 0) is 6.07 Å². The van der Waals surface area contributed by atoms with Gasteiger partial charge < -0.3 is 15.4 Å². The Morgan fingerprint density at radius 1 is 1.47 bits per heavy atom. The smallest absolute Gasteiger partial charge is 0.236 e. The van der Waals surface area contributed by atoms with Crippen molar-refractivity contribution in [1.82, 2.24) is 4.90 Å². The van der Waals surface area contributed by atoms with Gasteiger partial charge in [-0.15, -0.1) is 0 Å². The van der Waals surface area contributed by atoms with Gasteiger partial charge in [-0.1, -0.05) is 18.2 Å². The molecule has 4 nitrogen and oxygen atoms in total. The number of benzene rings is 1. The van der Waals surface area contributed by atoms with Crippen LogP contribution in [-0.4, -0.2) is 30.5 Å². The average molecular weight is 206 g/mol. The lowest BCUT2D eigenvalue weighted by Gasteiger charge is -2.18. The fourth-order valence-electron chi connectivity index (χ4n) is 1.67. The zero-order chi connectivity index (χ0) is 10.7. The molecule has 1 aromatic carbocycles. The lowest BCUT2D eigenvalue weighted by molar-refractivity contribution is -0.130. The van der Waals surface area contributed by atoms with Crippen molar-refractivity contribution in [3.8, 4) is 5.75 Å². The second kappa shape index (κ2) is 4.31. The van der Waals surface area contributed by atoms with Gasteiger partial charge in [0.2, 0.25) is 5.91 Å². The summed E-state index contributed by atoms with van der Waals surface area (Å²) in [7, 11) is 0. The van der Waals surface area contributed by atoms with Crippen LogP contribution < -0.4 is 10.5 Å². The monoisotopic (exact) mass is 206 g/mol. The second-order valence-corrected chi connectivity index (χ2v) is 3.48. The summed E-state index contributed by atoms with van der Waals surface area (Å²) in [5.41, 5.74) is 6.38. The van der Waals surface area contributed by atoms with Crippen molar-refractivity contribution in [2.24, 2.45) is 5.73 Å². The summed E-state index contributed by atoms with van der Waals surface area (Å²) < 4.78 is 5.54. The summed E-state index contributed by atoms with van der Waals surface area (Å²) in [4.78, 5) is 13.2. The first-order valence-corrected chi connectivity index (χ1v) is 5.00. The fraction of sp³-hybridized carbons (Fsp3) is 0.364. The van der Waals surface area contributed by atoms with Gasteiger partial charge in [0, 0.05) is 12.1 Å². The minimum Gasteiger partial charge on any atom is -0.491 e. The number of para-hydroxylation sites is 1. The van der Waals surface area contributed by atoms with Gasteiger partial charge in [-0.25, -0.2) is 0 Å². The quantitative estimate of drug-likeness (QED) is 0.722. The normalized spacial score (nSPS) is 15.1. The van der Waals surface area contributed by atoms with Crippen molar-refractivity contribution in [2.75, 3.05) is 19.7 Å². The molecule has 2 N–H and O–H groups in total. The maximum Gasteiger partial charge on any atom is 0.236 e. The number of amides is 1. The number of rotatable bonds is 1. The van der Waals surface area contributed by atoms with Crippen LogP contribution in [0.4, 0.5) is 0 Å². The van der Waals surface area contributed by atoms with Gasteiger partial charge in [0.1, 0.15) is 12.4 Å². The van der Waals surface area contributed by atoms with E-state index < -0.39 is 0 Å². The van der Waals surface area contributed by atoms with Crippen molar-refractivity contribution in [3.63, 3.8) is 0 Å². The summed E-state index contributed by atoms with van der Waals surface area (Å²) in [6.45, 7) is 1.78. The van der Waals surface area contributed by atoms with Crippen LogP contribution in [0.5, 0.6) is 5.75 Å². The minimum absolute atomic E-state index is 0.0321. The predicted molar refractivity (Wildman–Crippen MR) is 56.4 cm³/mol. The molecule has 1 heterocycles. The third kappa shape index (κ3) is 2.10. The number of ether oxygens (including phenoxy) is 1. The lowest BCUT2D eigenvalue weighted by atomic mass is 10.2. The van der Waals surface area contributed by atoms with Crippen LogP contribution in [0.1, 0.15) is 5.56 Å². The van der Waals surface area contributed by atoms with E-state index in [-0.39, 0.29) is 12.5 Å². The van der Waals surface area contributed by atoms with E-state index in [1.54, 1.807) is 4.90 Å². The first-order chi connectivity index (χ1) is 7.31.